The second-order valence-electron chi connectivity index (χ2n) is 4.50. The van der Waals surface area contributed by atoms with Crippen molar-refractivity contribution in [3.05, 3.63) is 28.8 Å². The minimum Gasteiger partial charge on any atom is -0.212 e. The summed E-state index contributed by atoms with van der Waals surface area (Å²) in [4.78, 5) is 0.0636. The number of hydrogen-bond donors (Lipinski definition) is 0. The fourth-order valence-electron chi connectivity index (χ4n) is 1.51. The van der Waals surface area contributed by atoms with Gasteiger partial charge in [-0.1, -0.05) is 35.1 Å². The van der Waals surface area contributed by atoms with E-state index in [0.717, 1.165) is 29.8 Å². The van der Waals surface area contributed by atoms with Crippen molar-refractivity contribution < 1.29 is 16.8 Å². The molecule has 1 aliphatic rings. The highest BCUT2D eigenvalue weighted by atomic mass is 35.5. The lowest BCUT2D eigenvalue weighted by atomic mass is 10.2. The largest absolute Gasteiger partial charge is 0.283 e. The Balaban J connectivity index is 2.20. The Morgan fingerprint density at radius 2 is 1.77 bits per heavy atom. The van der Waals surface area contributed by atoms with Gasteiger partial charge in [-0.15, -0.1) is 4.40 Å². The molecule has 0 N–H and O–H groups in total. The van der Waals surface area contributed by atoms with Gasteiger partial charge in [0.1, 0.15) is 4.38 Å². The van der Waals surface area contributed by atoms with Gasteiger partial charge in [0.15, 0.2) is 0 Å². The molecule has 1 aliphatic heterocycles. The summed E-state index contributed by atoms with van der Waals surface area (Å²) in [6, 6.07) is 4.37. The first kappa shape index (κ1) is 18.1. The summed E-state index contributed by atoms with van der Waals surface area (Å²) in [6.07, 6.45) is 1.11. The number of aryl methyl sites for hydroxylation is 1. The maximum Gasteiger partial charge on any atom is 0.283 e. The van der Waals surface area contributed by atoms with Gasteiger partial charge in [-0.05, 0) is 30.7 Å². The SMILES string of the molecule is Cc1cc(S(=O)(=O)N=C2SCN(S(C)(=O)=O)CS2)ccc1Cl. The van der Waals surface area contributed by atoms with Gasteiger partial charge in [0.05, 0.1) is 22.9 Å². The first-order chi connectivity index (χ1) is 10.1. The Morgan fingerprint density at radius 1 is 1.18 bits per heavy atom. The lowest BCUT2D eigenvalue weighted by Crippen LogP contribution is -2.32. The number of sulfonamides is 2. The Kier molecular flexibility index (Phi) is 5.50. The van der Waals surface area contributed by atoms with Crippen LogP contribution in [0.1, 0.15) is 5.56 Å². The van der Waals surface area contributed by atoms with Crippen molar-refractivity contribution in [3.63, 3.8) is 0 Å². The molecular formula is C11H13ClN2O4S4. The molecule has 2 rings (SSSR count). The highest BCUT2D eigenvalue weighted by Gasteiger charge is 2.25. The van der Waals surface area contributed by atoms with E-state index >= 15 is 0 Å². The molecule has 1 aromatic carbocycles. The number of thioether (sulfide) groups is 2. The van der Waals surface area contributed by atoms with Crippen LogP contribution in [0, 0.1) is 6.92 Å². The van der Waals surface area contributed by atoms with E-state index in [-0.39, 0.29) is 16.6 Å². The van der Waals surface area contributed by atoms with Gasteiger partial charge in [0, 0.05) is 5.02 Å². The van der Waals surface area contributed by atoms with Gasteiger partial charge in [-0.3, -0.25) is 0 Å². The highest BCUT2D eigenvalue weighted by Crippen LogP contribution is 2.29. The molecule has 6 nitrogen and oxygen atoms in total. The first-order valence-electron chi connectivity index (χ1n) is 5.91. The Bertz CT molecular complexity index is 810. The van der Waals surface area contributed by atoms with Crippen LogP contribution in [-0.4, -0.2) is 43.5 Å². The molecule has 1 fully saturated rings. The molecule has 22 heavy (non-hydrogen) atoms. The van der Waals surface area contributed by atoms with Crippen LogP contribution < -0.4 is 0 Å². The van der Waals surface area contributed by atoms with Crippen molar-refractivity contribution in [2.45, 2.75) is 11.8 Å². The molecule has 11 heteroatoms. The van der Waals surface area contributed by atoms with E-state index in [4.69, 9.17) is 11.6 Å². The zero-order valence-corrected chi connectivity index (χ0v) is 15.7. The minimum absolute atomic E-state index is 0.0636. The molecule has 0 atom stereocenters. The van der Waals surface area contributed by atoms with E-state index in [0.29, 0.717) is 15.0 Å². The lowest BCUT2D eigenvalue weighted by Gasteiger charge is -2.23. The van der Waals surface area contributed by atoms with Crippen molar-refractivity contribution in [1.82, 2.24) is 4.31 Å². The van der Waals surface area contributed by atoms with E-state index in [1.165, 1.54) is 22.5 Å². The number of hydrogen-bond acceptors (Lipinski definition) is 6. The molecular weight excluding hydrogens is 388 g/mol. The van der Waals surface area contributed by atoms with Gasteiger partial charge in [-0.25, -0.2) is 8.42 Å². The first-order valence-corrected chi connectivity index (χ1v) is 11.6. The fraction of sp³-hybridized carbons (Fsp3) is 0.364. The van der Waals surface area contributed by atoms with Crippen molar-refractivity contribution in [2.75, 3.05) is 18.0 Å². The Morgan fingerprint density at radius 3 is 2.27 bits per heavy atom. The monoisotopic (exact) mass is 400 g/mol. The molecule has 0 aliphatic carbocycles. The fourth-order valence-corrected chi connectivity index (χ4v) is 6.81. The summed E-state index contributed by atoms with van der Waals surface area (Å²) in [7, 11) is -7.12. The number of halogens is 1. The van der Waals surface area contributed by atoms with Gasteiger partial charge >= 0.3 is 0 Å². The summed E-state index contributed by atoms with van der Waals surface area (Å²) >= 11 is 8.04. The molecule has 0 radical (unpaired) electrons. The molecule has 1 aromatic rings. The van der Waals surface area contributed by atoms with Gasteiger partial charge in [0.2, 0.25) is 10.0 Å². The summed E-state index contributed by atoms with van der Waals surface area (Å²) in [5.41, 5.74) is 0.648. The zero-order chi connectivity index (χ0) is 16.5. The summed E-state index contributed by atoms with van der Waals surface area (Å²) in [5.74, 6) is 0.305. The molecule has 0 spiro atoms. The van der Waals surface area contributed by atoms with Crippen LogP contribution in [0.2, 0.25) is 5.02 Å². The van der Waals surface area contributed by atoms with E-state index in [1.54, 1.807) is 6.92 Å². The van der Waals surface area contributed by atoms with Crippen LogP contribution >= 0.6 is 35.1 Å². The molecule has 0 unspecified atom stereocenters. The van der Waals surface area contributed by atoms with Gasteiger partial charge < -0.3 is 0 Å². The van der Waals surface area contributed by atoms with Crippen LogP contribution in [-0.2, 0) is 20.0 Å². The third-order valence-electron chi connectivity index (χ3n) is 2.76. The third-order valence-corrected chi connectivity index (χ3v) is 8.47. The predicted molar refractivity (Wildman–Crippen MR) is 92.4 cm³/mol. The van der Waals surface area contributed by atoms with E-state index in [1.807, 2.05) is 0 Å². The zero-order valence-electron chi connectivity index (χ0n) is 11.7. The summed E-state index contributed by atoms with van der Waals surface area (Å²) < 4.78 is 52.7. The van der Waals surface area contributed by atoms with Crippen LogP contribution in [0.15, 0.2) is 27.5 Å². The second kappa shape index (κ2) is 6.70. The van der Waals surface area contributed by atoms with Crippen LogP contribution in [0.3, 0.4) is 0 Å². The van der Waals surface area contributed by atoms with Crippen molar-refractivity contribution in [1.29, 1.82) is 0 Å². The second-order valence-corrected chi connectivity index (χ2v) is 10.6. The maximum atomic E-state index is 12.3. The van der Waals surface area contributed by atoms with Crippen molar-refractivity contribution in [2.24, 2.45) is 4.40 Å². The highest BCUT2D eigenvalue weighted by molar-refractivity contribution is 8.39. The molecule has 0 bridgehead atoms. The quantitative estimate of drug-likeness (QED) is 0.774. The van der Waals surface area contributed by atoms with Crippen molar-refractivity contribution in [3.8, 4) is 0 Å². The number of nitrogens with zero attached hydrogens (tertiary/aromatic N) is 2. The van der Waals surface area contributed by atoms with Gasteiger partial charge in [-0.2, -0.15) is 12.7 Å². The summed E-state index contributed by atoms with van der Waals surface area (Å²) in [6.45, 7) is 1.71. The average molecular weight is 401 g/mol. The molecule has 1 saturated heterocycles. The van der Waals surface area contributed by atoms with Gasteiger partial charge in [0.25, 0.3) is 10.0 Å². The standard InChI is InChI=1S/C11H13ClN2O4S4/c1-8-5-9(3-4-10(8)12)22(17,18)13-11-19-6-14(7-20-11)21(2,15)16/h3-5H,6-7H2,1-2H3. The molecule has 1 heterocycles. The third kappa shape index (κ3) is 4.39. The smallest absolute Gasteiger partial charge is 0.212 e. The maximum absolute atomic E-state index is 12.3. The van der Waals surface area contributed by atoms with Crippen LogP contribution in [0.25, 0.3) is 0 Å². The van der Waals surface area contributed by atoms with Crippen LogP contribution in [0.5, 0.6) is 0 Å². The van der Waals surface area contributed by atoms with Crippen molar-refractivity contribution >= 4 is 59.5 Å². The van der Waals surface area contributed by atoms with E-state index < -0.39 is 20.0 Å². The Labute approximate surface area is 143 Å². The topological polar surface area (TPSA) is 83.9 Å². The molecule has 0 aromatic heterocycles. The average Bonchev–Trinajstić information content (AvgIpc) is 2.41. The molecule has 122 valence electrons. The van der Waals surface area contributed by atoms with E-state index in [9.17, 15) is 16.8 Å². The number of benzene rings is 1. The summed E-state index contributed by atoms with van der Waals surface area (Å²) in [5, 5.41) is 0.483. The Hall–Kier alpha value is -0.260. The van der Waals surface area contributed by atoms with E-state index in [2.05, 4.69) is 4.40 Å². The van der Waals surface area contributed by atoms with Crippen LogP contribution in [0.4, 0.5) is 0 Å². The lowest BCUT2D eigenvalue weighted by molar-refractivity contribution is 0.511. The predicted octanol–water partition coefficient (Wildman–Crippen LogP) is 2.35. The number of rotatable bonds is 3. The molecule has 0 amide bonds. The molecule has 0 saturated carbocycles. The normalized spacial score (nSPS) is 17.5. The minimum atomic E-state index is -3.83.